The molecule has 1 heterocycles. The Labute approximate surface area is 166 Å². The molecule has 0 radical (unpaired) electrons. The van der Waals surface area contributed by atoms with Crippen LogP contribution in [0.15, 0.2) is 23.2 Å². The van der Waals surface area contributed by atoms with Gasteiger partial charge in [-0.05, 0) is 12.1 Å². The van der Waals surface area contributed by atoms with E-state index in [9.17, 15) is 18.4 Å². The molecule has 8 nitrogen and oxygen atoms in total. The van der Waals surface area contributed by atoms with Gasteiger partial charge in [0.15, 0.2) is 17.5 Å². The van der Waals surface area contributed by atoms with Gasteiger partial charge in [0, 0.05) is 26.2 Å². The molecular weight excluding hydrogens is 463 g/mol. The number of carbonyl (C=O) groups is 2. The van der Waals surface area contributed by atoms with E-state index in [1.165, 1.54) is 6.07 Å². The fourth-order valence-corrected chi connectivity index (χ4v) is 2.11. The average molecular weight is 483 g/mol. The van der Waals surface area contributed by atoms with Gasteiger partial charge in [0.25, 0.3) is 0 Å². The Hall–Kier alpha value is -2.18. The summed E-state index contributed by atoms with van der Waals surface area (Å²) in [6.45, 7) is 1.01. The van der Waals surface area contributed by atoms with E-state index >= 15 is 0 Å². The number of hydrogen-bond acceptors (Lipinski definition) is 4. The minimum Gasteiger partial charge on any atom is -0.489 e. The van der Waals surface area contributed by atoms with Crippen LogP contribution in [0.5, 0.6) is 5.75 Å². The van der Waals surface area contributed by atoms with Gasteiger partial charge in [-0.25, -0.2) is 13.6 Å². The van der Waals surface area contributed by atoms with E-state index in [1.807, 2.05) is 0 Å². The van der Waals surface area contributed by atoms with Gasteiger partial charge in [0.1, 0.15) is 12.4 Å². The van der Waals surface area contributed by atoms with E-state index in [-0.39, 0.29) is 55.3 Å². The summed E-state index contributed by atoms with van der Waals surface area (Å²) in [5.41, 5.74) is 0. The lowest BCUT2D eigenvalue weighted by Crippen LogP contribution is -2.44. The lowest BCUT2D eigenvalue weighted by molar-refractivity contribution is -0.124. The minimum absolute atomic E-state index is 0. The minimum atomic E-state index is -0.768. The second-order valence-electron chi connectivity index (χ2n) is 5.05. The van der Waals surface area contributed by atoms with E-state index in [2.05, 4.69) is 20.9 Å². The summed E-state index contributed by atoms with van der Waals surface area (Å²) in [6.07, 6.45) is 0. The lowest BCUT2D eigenvalue weighted by atomic mass is 10.3. The quantitative estimate of drug-likeness (QED) is 0.174. The Bertz CT molecular complexity index is 659. The zero-order valence-corrected chi connectivity index (χ0v) is 16.4. The van der Waals surface area contributed by atoms with Gasteiger partial charge in [0.2, 0.25) is 5.91 Å². The molecule has 11 heteroatoms. The van der Waals surface area contributed by atoms with Crippen molar-refractivity contribution in [1.29, 1.82) is 0 Å². The summed E-state index contributed by atoms with van der Waals surface area (Å²) in [7, 11) is 1.56. The Balaban J connectivity index is 0.00000338. The molecule has 0 saturated carbocycles. The molecule has 1 fully saturated rings. The molecular formula is C15H20F2IN5O3. The number of aliphatic imine (C=N–C) groups is 1. The van der Waals surface area contributed by atoms with Crippen molar-refractivity contribution in [3.8, 4) is 5.75 Å². The summed E-state index contributed by atoms with van der Waals surface area (Å²) >= 11 is 0. The molecule has 1 aromatic carbocycles. The fourth-order valence-electron chi connectivity index (χ4n) is 2.11. The molecule has 3 amide bonds. The standard InChI is InChI=1S/C15H19F2N5O3.HI/c1-18-14(19-4-6-22-13(23)9-21-15(22)24)20-5-7-25-12-3-2-10(16)8-11(12)17;/h2-3,8H,4-7,9H2,1H3,(H,21,24)(H2,18,19,20);1H. The topological polar surface area (TPSA) is 95.1 Å². The van der Waals surface area contributed by atoms with E-state index in [1.54, 1.807) is 7.05 Å². The maximum Gasteiger partial charge on any atom is 0.324 e. The highest BCUT2D eigenvalue weighted by atomic mass is 127. The smallest absolute Gasteiger partial charge is 0.324 e. The largest absolute Gasteiger partial charge is 0.489 e. The molecule has 0 aliphatic carbocycles. The fraction of sp³-hybridized carbons (Fsp3) is 0.400. The Kier molecular flexibility index (Phi) is 9.02. The van der Waals surface area contributed by atoms with Crippen molar-refractivity contribution in [2.45, 2.75) is 0 Å². The Morgan fingerprint density at radius 3 is 2.65 bits per heavy atom. The van der Waals surface area contributed by atoms with Crippen molar-refractivity contribution < 1.29 is 23.1 Å². The van der Waals surface area contributed by atoms with Crippen LogP contribution in [-0.4, -0.2) is 62.6 Å². The molecule has 3 N–H and O–H groups in total. The van der Waals surface area contributed by atoms with Crippen molar-refractivity contribution in [1.82, 2.24) is 20.9 Å². The molecule has 0 spiro atoms. The monoisotopic (exact) mass is 483 g/mol. The first-order valence-corrected chi connectivity index (χ1v) is 7.62. The van der Waals surface area contributed by atoms with Gasteiger partial charge in [-0.3, -0.25) is 14.7 Å². The third-order valence-electron chi connectivity index (χ3n) is 3.33. The molecule has 144 valence electrons. The van der Waals surface area contributed by atoms with Crippen LogP contribution < -0.4 is 20.7 Å². The van der Waals surface area contributed by atoms with Gasteiger partial charge in [-0.15, -0.1) is 24.0 Å². The van der Waals surface area contributed by atoms with E-state index in [4.69, 9.17) is 4.74 Å². The summed E-state index contributed by atoms with van der Waals surface area (Å²) < 4.78 is 31.4. The summed E-state index contributed by atoms with van der Waals surface area (Å²) in [6, 6.07) is 2.67. The number of nitrogens with zero attached hydrogens (tertiary/aromatic N) is 2. The number of rotatable bonds is 7. The van der Waals surface area contributed by atoms with Gasteiger partial charge >= 0.3 is 6.03 Å². The molecule has 0 bridgehead atoms. The van der Waals surface area contributed by atoms with Crippen LogP contribution in [0.1, 0.15) is 0 Å². The van der Waals surface area contributed by atoms with Crippen LogP contribution in [0.2, 0.25) is 0 Å². The Morgan fingerprint density at radius 1 is 1.31 bits per heavy atom. The van der Waals surface area contributed by atoms with E-state index in [0.29, 0.717) is 19.0 Å². The molecule has 0 atom stereocenters. The van der Waals surface area contributed by atoms with Crippen LogP contribution in [0, 0.1) is 11.6 Å². The number of carbonyl (C=O) groups excluding carboxylic acids is 2. The zero-order chi connectivity index (χ0) is 18.2. The average Bonchev–Trinajstić information content (AvgIpc) is 2.90. The number of benzene rings is 1. The van der Waals surface area contributed by atoms with Gasteiger partial charge in [-0.1, -0.05) is 0 Å². The zero-order valence-electron chi connectivity index (χ0n) is 14.1. The van der Waals surface area contributed by atoms with Crippen molar-refractivity contribution in [3.05, 3.63) is 29.8 Å². The van der Waals surface area contributed by atoms with Crippen LogP contribution in [0.4, 0.5) is 13.6 Å². The highest BCUT2D eigenvalue weighted by Crippen LogP contribution is 2.17. The highest BCUT2D eigenvalue weighted by Gasteiger charge is 2.27. The first-order chi connectivity index (χ1) is 12.0. The first-order valence-electron chi connectivity index (χ1n) is 7.62. The molecule has 0 unspecified atom stereocenters. The number of urea groups is 1. The third-order valence-corrected chi connectivity index (χ3v) is 3.33. The third kappa shape index (κ3) is 6.28. The van der Waals surface area contributed by atoms with E-state index in [0.717, 1.165) is 17.0 Å². The van der Waals surface area contributed by atoms with Gasteiger partial charge < -0.3 is 20.7 Å². The van der Waals surface area contributed by atoms with Gasteiger partial charge in [0.05, 0.1) is 13.1 Å². The molecule has 1 aromatic rings. The molecule has 0 aromatic heterocycles. The second-order valence-corrected chi connectivity index (χ2v) is 5.05. The number of hydrogen-bond donors (Lipinski definition) is 3. The number of guanidine groups is 1. The predicted molar refractivity (Wildman–Crippen MR) is 102 cm³/mol. The van der Waals surface area contributed by atoms with Crippen molar-refractivity contribution in [2.75, 3.05) is 39.8 Å². The number of nitrogens with one attached hydrogen (secondary N) is 3. The number of imide groups is 1. The SMILES string of the molecule is CN=C(NCCOc1ccc(F)cc1F)NCCN1C(=O)CNC1=O.I. The predicted octanol–water partition coefficient (Wildman–Crippen LogP) is 0.678. The summed E-state index contributed by atoms with van der Waals surface area (Å²) in [5, 5.41) is 8.30. The number of halogens is 3. The number of amides is 3. The van der Waals surface area contributed by atoms with Crippen LogP contribution >= 0.6 is 24.0 Å². The lowest BCUT2D eigenvalue weighted by Gasteiger charge is -2.15. The molecule has 2 rings (SSSR count). The molecule has 26 heavy (non-hydrogen) atoms. The normalized spacial score (nSPS) is 14.0. The molecule has 1 saturated heterocycles. The van der Waals surface area contributed by atoms with Gasteiger partial charge in [-0.2, -0.15) is 0 Å². The van der Waals surface area contributed by atoms with Crippen LogP contribution in [0.3, 0.4) is 0 Å². The van der Waals surface area contributed by atoms with Crippen molar-refractivity contribution in [3.63, 3.8) is 0 Å². The summed E-state index contributed by atoms with van der Waals surface area (Å²) in [4.78, 5) is 27.9. The van der Waals surface area contributed by atoms with Crippen molar-refractivity contribution >= 4 is 41.9 Å². The highest BCUT2D eigenvalue weighted by molar-refractivity contribution is 14.0. The van der Waals surface area contributed by atoms with E-state index < -0.39 is 17.7 Å². The first kappa shape index (κ1) is 21.9. The van der Waals surface area contributed by atoms with Crippen LogP contribution in [0.25, 0.3) is 0 Å². The molecule has 1 aliphatic heterocycles. The Morgan fingerprint density at radius 2 is 2.04 bits per heavy atom. The van der Waals surface area contributed by atoms with Crippen molar-refractivity contribution in [2.24, 2.45) is 4.99 Å². The maximum absolute atomic E-state index is 13.4. The number of ether oxygens (including phenoxy) is 1. The summed E-state index contributed by atoms with van der Waals surface area (Å²) in [5.74, 6) is -1.31. The van der Waals surface area contributed by atoms with Crippen LogP contribution in [-0.2, 0) is 4.79 Å². The maximum atomic E-state index is 13.4. The second kappa shape index (κ2) is 10.7. The molecule has 1 aliphatic rings.